The van der Waals surface area contributed by atoms with Gasteiger partial charge in [-0.2, -0.15) is 0 Å². The Morgan fingerprint density at radius 3 is 2.94 bits per heavy atom. The van der Waals surface area contributed by atoms with Gasteiger partial charge in [-0.15, -0.1) is 11.3 Å². The molecule has 0 unspecified atom stereocenters. The van der Waals surface area contributed by atoms with E-state index in [0.717, 1.165) is 11.4 Å². The van der Waals surface area contributed by atoms with E-state index >= 15 is 0 Å². The van der Waals surface area contributed by atoms with Crippen molar-refractivity contribution in [1.29, 1.82) is 0 Å². The van der Waals surface area contributed by atoms with Crippen LogP contribution in [0, 0.1) is 0 Å². The van der Waals surface area contributed by atoms with E-state index < -0.39 is 5.97 Å². The van der Waals surface area contributed by atoms with Crippen molar-refractivity contribution in [3.05, 3.63) is 40.6 Å². The maximum absolute atomic E-state index is 10.4. The van der Waals surface area contributed by atoms with Gasteiger partial charge in [-0.25, -0.2) is 4.98 Å². The molecule has 2 rings (SSSR count). The van der Waals surface area contributed by atoms with E-state index in [4.69, 9.17) is 5.11 Å². The van der Waals surface area contributed by atoms with Crippen LogP contribution in [-0.4, -0.2) is 20.6 Å². The molecule has 0 radical (unpaired) electrons. The van der Waals surface area contributed by atoms with Crippen LogP contribution in [0.3, 0.4) is 0 Å². The first-order chi connectivity index (χ1) is 7.74. The first kappa shape index (κ1) is 10.9. The number of aliphatic carboxylic acids is 1. The van der Waals surface area contributed by atoms with Crippen molar-refractivity contribution in [2.75, 3.05) is 0 Å². The second-order valence-corrected chi connectivity index (χ2v) is 4.75. The van der Waals surface area contributed by atoms with Gasteiger partial charge in [0.05, 0.1) is 19.3 Å². The summed E-state index contributed by atoms with van der Waals surface area (Å²) in [7, 11) is 0. The lowest BCUT2D eigenvalue weighted by atomic mass is 10.3. The number of hydrogen-bond donors (Lipinski definition) is 1. The topological polar surface area (TPSA) is 55.1 Å². The predicted octanol–water partition coefficient (Wildman–Crippen LogP) is 2.01. The van der Waals surface area contributed by atoms with Crippen molar-refractivity contribution < 1.29 is 9.90 Å². The summed E-state index contributed by atoms with van der Waals surface area (Å²) in [6.07, 6.45) is 6.25. The molecule has 0 aliphatic carbocycles. The Hall–Kier alpha value is -1.62. The predicted molar refractivity (Wildman–Crippen MR) is 61.6 cm³/mol. The van der Waals surface area contributed by atoms with Crippen LogP contribution in [0.4, 0.5) is 0 Å². The van der Waals surface area contributed by atoms with Crippen molar-refractivity contribution in [1.82, 2.24) is 9.55 Å². The number of thiophene rings is 1. The molecule has 0 saturated heterocycles. The van der Waals surface area contributed by atoms with Crippen molar-refractivity contribution >= 4 is 17.3 Å². The minimum Gasteiger partial charge on any atom is -0.481 e. The highest BCUT2D eigenvalue weighted by atomic mass is 32.1. The van der Waals surface area contributed by atoms with Gasteiger partial charge in [0.15, 0.2) is 0 Å². The number of imidazole rings is 1. The minimum atomic E-state index is -0.746. The standard InChI is InChI=1S/C11H12N2O2S/c14-11(15)4-3-9-1-2-10(16-9)7-13-6-5-12-8-13/h1-2,5-6,8H,3-4,7H2,(H,14,15). The van der Waals surface area contributed by atoms with Crippen molar-refractivity contribution in [2.45, 2.75) is 19.4 Å². The molecule has 2 aromatic rings. The summed E-state index contributed by atoms with van der Waals surface area (Å²) < 4.78 is 1.99. The van der Waals surface area contributed by atoms with Crippen LogP contribution in [0.1, 0.15) is 16.2 Å². The number of nitrogens with zero attached hydrogens (tertiary/aromatic N) is 2. The molecule has 0 atom stereocenters. The summed E-state index contributed by atoms with van der Waals surface area (Å²) in [6, 6.07) is 4.04. The molecule has 1 N–H and O–H groups in total. The lowest BCUT2D eigenvalue weighted by Gasteiger charge is -1.97. The van der Waals surface area contributed by atoms with Crippen LogP contribution >= 0.6 is 11.3 Å². The number of aromatic nitrogens is 2. The number of carboxylic acid groups (broad SMARTS) is 1. The second-order valence-electron chi connectivity index (χ2n) is 3.50. The lowest BCUT2D eigenvalue weighted by Crippen LogP contribution is -1.95. The van der Waals surface area contributed by atoms with Crippen LogP contribution in [0.15, 0.2) is 30.9 Å². The highest BCUT2D eigenvalue weighted by Crippen LogP contribution is 2.19. The molecule has 4 nitrogen and oxygen atoms in total. The molecule has 0 saturated carbocycles. The third-order valence-electron chi connectivity index (χ3n) is 2.20. The SMILES string of the molecule is O=C(O)CCc1ccc(Cn2ccnc2)s1. The molecule has 16 heavy (non-hydrogen) atoms. The maximum Gasteiger partial charge on any atom is 0.303 e. The molecule has 0 aliphatic rings. The van der Waals surface area contributed by atoms with Crippen molar-refractivity contribution in [3.63, 3.8) is 0 Å². The molecule has 0 amide bonds. The highest BCUT2D eigenvalue weighted by Gasteiger charge is 2.03. The fourth-order valence-corrected chi connectivity index (χ4v) is 2.46. The third-order valence-corrected chi connectivity index (χ3v) is 3.33. The van der Waals surface area contributed by atoms with Gasteiger partial charge in [-0.3, -0.25) is 4.79 Å². The van der Waals surface area contributed by atoms with Gasteiger partial charge in [0.1, 0.15) is 0 Å². The fourth-order valence-electron chi connectivity index (χ4n) is 1.43. The van der Waals surface area contributed by atoms with Crippen LogP contribution in [0.2, 0.25) is 0 Å². The quantitative estimate of drug-likeness (QED) is 0.864. The Bertz CT molecular complexity index is 462. The van der Waals surface area contributed by atoms with Gasteiger partial charge < -0.3 is 9.67 Å². The molecule has 5 heteroatoms. The first-order valence-electron chi connectivity index (χ1n) is 4.99. The number of hydrogen-bond acceptors (Lipinski definition) is 3. The highest BCUT2D eigenvalue weighted by molar-refractivity contribution is 7.11. The first-order valence-corrected chi connectivity index (χ1v) is 5.81. The van der Waals surface area contributed by atoms with Gasteiger partial charge in [0.2, 0.25) is 0 Å². The van der Waals surface area contributed by atoms with Gasteiger partial charge in [-0.1, -0.05) is 0 Å². The normalized spacial score (nSPS) is 10.5. The summed E-state index contributed by atoms with van der Waals surface area (Å²) in [5, 5.41) is 8.58. The van der Waals surface area contributed by atoms with E-state index in [1.165, 1.54) is 4.88 Å². The molecule has 0 aliphatic heterocycles. The molecule has 0 aromatic carbocycles. The van der Waals surface area contributed by atoms with Gasteiger partial charge in [-0.05, 0) is 18.6 Å². The van der Waals surface area contributed by atoms with Gasteiger partial charge in [0, 0.05) is 22.1 Å². The molecular formula is C11H12N2O2S. The van der Waals surface area contributed by atoms with Gasteiger partial charge >= 0.3 is 5.97 Å². The summed E-state index contributed by atoms with van der Waals surface area (Å²) >= 11 is 1.66. The number of carboxylic acids is 1. The van der Waals surface area contributed by atoms with E-state index in [9.17, 15) is 4.79 Å². The Morgan fingerprint density at radius 1 is 1.44 bits per heavy atom. The van der Waals surface area contributed by atoms with Crippen LogP contribution in [0.5, 0.6) is 0 Å². The Balaban J connectivity index is 1.94. The Morgan fingerprint density at radius 2 is 2.25 bits per heavy atom. The molecule has 0 bridgehead atoms. The lowest BCUT2D eigenvalue weighted by molar-refractivity contribution is -0.136. The zero-order chi connectivity index (χ0) is 11.4. The molecule has 2 aromatic heterocycles. The van der Waals surface area contributed by atoms with Gasteiger partial charge in [0.25, 0.3) is 0 Å². The van der Waals surface area contributed by atoms with E-state index in [0.29, 0.717) is 6.42 Å². The fraction of sp³-hybridized carbons (Fsp3) is 0.273. The summed E-state index contributed by atoms with van der Waals surface area (Å²) in [6.45, 7) is 0.803. The van der Waals surface area contributed by atoms with E-state index in [1.54, 1.807) is 23.9 Å². The number of aryl methyl sites for hydroxylation is 1. The summed E-state index contributed by atoms with van der Waals surface area (Å²) in [5.41, 5.74) is 0. The molecule has 0 fully saturated rings. The number of rotatable bonds is 5. The smallest absolute Gasteiger partial charge is 0.303 e. The minimum absolute atomic E-state index is 0.199. The van der Waals surface area contributed by atoms with E-state index in [-0.39, 0.29) is 6.42 Å². The Labute approximate surface area is 97.2 Å². The zero-order valence-electron chi connectivity index (χ0n) is 8.67. The molecule has 2 heterocycles. The zero-order valence-corrected chi connectivity index (χ0v) is 9.48. The van der Waals surface area contributed by atoms with Crippen molar-refractivity contribution in [3.8, 4) is 0 Å². The van der Waals surface area contributed by atoms with E-state index in [1.807, 2.05) is 22.9 Å². The second kappa shape index (κ2) is 4.94. The largest absolute Gasteiger partial charge is 0.481 e. The summed E-state index contributed by atoms with van der Waals surface area (Å²) in [4.78, 5) is 16.7. The van der Waals surface area contributed by atoms with Crippen molar-refractivity contribution in [2.24, 2.45) is 0 Å². The molecule has 0 spiro atoms. The maximum atomic E-state index is 10.4. The monoisotopic (exact) mass is 236 g/mol. The average molecular weight is 236 g/mol. The van der Waals surface area contributed by atoms with E-state index in [2.05, 4.69) is 4.98 Å². The molecule has 84 valence electrons. The number of carbonyl (C=O) groups is 1. The van der Waals surface area contributed by atoms with Crippen LogP contribution in [0.25, 0.3) is 0 Å². The van der Waals surface area contributed by atoms with Crippen LogP contribution in [-0.2, 0) is 17.8 Å². The average Bonchev–Trinajstić information content (AvgIpc) is 2.87. The molecular weight excluding hydrogens is 224 g/mol. The Kier molecular flexibility index (Phi) is 3.36. The van der Waals surface area contributed by atoms with Crippen LogP contribution < -0.4 is 0 Å². The summed E-state index contributed by atoms with van der Waals surface area (Å²) in [5.74, 6) is -0.746. The third kappa shape index (κ3) is 2.93.